The first kappa shape index (κ1) is 26.5. The summed E-state index contributed by atoms with van der Waals surface area (Å²) >= 11 is 0. The smallest absolute Gasteiger partial charge is 0.475 e. The van der Waals surface area contributed by atoms with Gasteiger partial charge in [0.25, 0.3) is 5.91 Å². The van der Waals surface area contributed by atoms with Crippen molar-refractivity contribution in [3.05, 3.63) is 24.0 Å². The molecule has 0 radical (unpaired) electrons. The number of hydrogen-bond acceptors (Lipinski definition) is 7. The third-order valence-electron chi connectivity index (χ3n) is 5.99. The molecule has 0 aromatic carbocycles. The van der Waals surface area contributed by atoms with Crippen LogP contribution in [0.2, 0.25) is 0 Å². The molecule has 1 aromatic rings. The van der Waals surface area contributed by atoms with Gasteiger partial charge in [0.05, 0.1) is 30.0 Å². The minimum Gasteiger partial charge on any atom is -0.475 e. The van der Waals surface area contributed by atoms with Gasteiger partial charge < -0.3 is 14.7 Å². The quantitative estimate of drug-likeness (QED) is 0.661. The van der Waals surface area contributed by atoms with E-state index in [2.05, 4.69) is 28.9 Å². The fourth-order valence-electron chi connectivity index (χ4n) is 4.26. The molecule has 0 bridgehead atoms. The average Bonchev–Trinajstić information content (AvgIpc) is 3.03. The minimum absolute atomic E-state index is 0.0393. The Labute approximate surface area is 189 Å². The molecular weight excluding hydrogens is 445 g/mol. The number of carbonyl (C=O) groups is 3. The van der Waals surface area contributed by atoms with E-state index in [1.807, 2.05) is 11.8 Å². The van der Waals surface area contributed by atoms with Gasteiger partial charge in [-0.2, -0.15) is 23.4 Å². The number of carboxylic acids is 1. The van der Waals surface area contributed by atoms with E-state index in [-0.39, 0.29) is 17.8 Å². The van der Waals surface area contributed by atoms with Gasteiger partial charge in [0.1, 0.15) is 0 Å². The molecule has 1 N–H and O–H groups in total. The Morgan fingerprint density at radius 1 is 1.27 bits per heavy atom. The second-order valence-corrected chi connectivity index (χ2v) is 8.39. The molecular formula is C21H29F3N4O5. The molecule has 2 atom stereocenters. The molecule has 1 aromatic heterocycles. The van der Waals surface area contributed by atoms with Crippen molar-refractivity contribution in [1.29, 1.82) is 0 Å². The number of nitrogens with zero attached hydrogens (tertiary/aromatic N) is 4. The van der Waals surface area contributed by atoms with Crippen molar-refractivity contribution in [2.24, 2.45) is 11.3 Å². The average molecular weight is 474 g/mol. The van der Waals surface area contributed by atoms with Crippen LogP contribution in [-0.2, 0) is 14.3 Å². The summed E-state index contributed by atoms with van der Waals surface area (Å²) in [5, 5.41) is 14.7. The number of fused-ring (bicyclic) bond motifs is 1. The maximum absolute atomic E-state index is 12.9. The highest BCUT2D eigenvalue weighted by Crippen LogP contribution is 2.44. The molecule has 12 heteroatoms. The number of ether oxygens (including phenoxy) is 1. The second kappa shape index (κ2) is 10.9. The number of aliphatic carboxylic acids is 1. The summed E-state index contributed by atoms with van der Waals surface area (Å²) in [6.45, 7) is 9.29. The van der Waals surface area contributed by atoms with Gasteiger partial charge in [0.2, 0.25) is 0 Å². The summed E-state index contributed by atoms with van der Waals surface area (Å²) in [6, 6.07) is 2.05. The highest BCUT2D eigenvalue weighted by Gasteiger charge is 2.54. The number of halogens is 3. The second-order valence-electron chi connectivity index (χ2n) is 8.39. The molecule has 3 heterocycles. The molecule has 0 spiro atoms. The normalized spacial score (nSPS) is 23.2. The number of rotatable bonds is 4. The lowest BCUT2D eigenvalue weighted by Gasteiger charge is -2.31. The van der Waals surface area contributed by atoms with Crippen LogP contribution < -0.4 is 0 Å². The molecule has 0 aliphatic carbocycles. The molecule has 0 saturated carbocycles. The lowest BCUT2D eigenvalue weighted by atomic mass is 9.75. The maximum atomic E-state index is 12.9. The van der Waals surface area contributed by atoms with Gasteiger partial charge in [-0.1, -0.05) is 0 Å². The number of carboxylic acid groups (broad SMARTS) is 1. The predicted molar refractivity (Wildman–Crippen MR) is 110 cm³/mol. The first-order chi connectivity index (χ1) is 15.4. The van der Waals surface area contributed by atoms with Crippen LogP contribution in [0, 0.1) is 11.3 Å². The molecule has 2 aliphatic rings. The number of alkyl halides is 3. The van der Waals surface area contributed by atoms with Crippen molar-refractivity contribution in [2.45, 2.75) is 45.8 Å². The molecule has 3 rings (SSSR count). The van der Waals surface area contributed by atoms with Gasteiger partial charge in [-0.15, -0.1) is 0 Å². The fourth-order valence-corrected chi connectivity index (χ4v) is 4.26. The fraction of sp³-hybridized carbons (Fsp3) is 0.667. The zero-order chi connectivity index (χ0) is 24.8. The largest absolute Gasteiger partial charge is 0.490 e. The van der Waals surface area contributed by atoms with Crippen molar-refractivity contribution >= 4 is 17.8 Å². The molecule has 184 valence electrons. The van der Waals surface area contributed by atoms with E-state index in [0.29, 0.717) is 37.8 Å². The van der Waals surface area contributed by atoms with Crippen LogP contribution in [0.3, 0.4) is 0 Å². The van der Waals surface area contributed by atoms with Crippen LogP contribution in [0.1, 0.15) is 44.0 Å². The Balaban J connectivity index is 0.000000479. The number of likely N-dealkylation sites (tertiary alicyclic amines) is 2. The minimum atomic E-state index is -5.08. The molecule has 2 aliphatic heterocycles. The SMILES string of the molecule is CCOC(=O)[C@]12CCCN(C(=O)c3ccnnc3)C[C@H]1CN(C(C)C)C2.O=C(O)C(F)(F)F. The van der Waals surface area contributed by atoms with Crippen LogP contribution >= 0.6 is 0 Å². The highest BCUT2D eigenvalue weighted by atomic mass is 19.4. The van der Waals surface area contributed by atoms with E-state index in [4.69, 9.17) is 14.6 Å². The van der Waals surface area contributed by atoms with E-state index < -0.39 is 17.6 Å². The summed E-state index contributed by atoms with van der Waals surface area (Å²) in [7, 11) is 0. The van der Waals surface area contributed by atoms with Crippen LogP contribution in [0.25, 0.3) is 0 Å². The molecule has 1 amide bonds. The zero-order valence-electron chi connectivity index (χ0n) is 18.8. The highest BCUT2D eigenvalue weighted by molar-refractivity contribution is 5.94. The number of esters is 1. The van der Waals surface area contributed by atoms with Gasteiger partial charge in [0.15, 0.2) is 0 Å². The van der Waals surface area contributed by atoms with E-state index >= 15 is 0 Å². The van der Waals surface area contributed by atoms with E-state index in [0.717, 1.165) is 19.4 Å². The lowest BCUT2D eigenvalue weighted by Crippen LogP contribution is -2.43. The van der Waals surface area contributed by atoms with Gasteiger partial charge in [-0.05, 0) is 39.7 Å². The Kier molecular flexibility index (Phi) is 8.76. The van der Waals surface area contributed by atoms with Crippen LogP contribution in [0.5, 0.6) is 0 Å². The summed E-state index contributed by atoms with van der Waals surface area (Å²) < 4.78 is 37.2. The Morgan fingerprint density at radius 2 is 1.94 bits per heavy atom. The van der Waals surface area contributed by atoms with Crippen LogP contribution in [0.15, 0.2) is 18.5 Å². The first-order valence-corrected chi connectivity index (χ1v) is 10.7. The van der Waals surface area contributed by atoms with Gasteiger partial charge in [-0.3, -0.25) is 14.5 Å². The lowest BCUT2D eigenvalue weighted by molar-refractivity contribution is -0.192. The molecule has 2 fully saturated rings. The van der Waals surface area contributed by atoms with Crippen molar-refractivity contribution in [2.75, 3.05) is 32.8 Å². The molecule has 2 saturated heterocycles. The van der Waals surface area contributed by atoms with Crippen molar-refractivity contribution in [1.82, 2.24) is 20.0 Å². The maximum Gasteiger partial charge on any atom is 0.490 e. The number of hydrogen-bond donors (Lipinski definition) is 1. The van der Waals surface area contributed by atoms with Crippen molar-refractivity contribution in [3.63, 3.8) is 0 Å². The number of amides is 1. The predicted octanol–water partition coefficient (Wildman–Crippen LogP) is 2.24. The first-order valence-electron chi connectivity index (χ1n) is 10.7. The third kappa shape index (κ3) is 6.40. The Morgan fingerprint density at radius 3 is 2.45 bits per heavy atom. The van der Waals surface area contributed by atoms with Crippen LogP contribution in [-0.4, -0.2) is 88.0 Å². The standard InChI is InChI=1S/C19H28N4O3.C2HF3O2/c1-4-26-18(25)19-7-5-9-22(17(24)15-6-8-20-21-10-15)11-16(19)12-23(13-19)14(2)3;3-2(4,5)1(6)7/h6,8,10,14,16H,4-5,7,9,11-13H2,1-3H3;(H,6,7)/t16-,19-;/m0./s1. The number of carbonyl (C=O) groups excluding carboxylic acids is 2. The van der Waals surface area contributed by atoms with Crippen molar-refractivity contribution < 1.29 is 37.4 Å². The Hall–Kier alpha value is -2.76. The van der Waals surface area contributed by atoms with E-state index in [9.17, 15) is 22.8 Å². The summed E-state index contributed by atoms with van der Waals surface area (Å²) in [4.78, 5) is 38.9. The monoisotopic (exact) mass is 474 g/mol. The molecule has 0 unspecified atom stereocenters. The van der Waals surface area contributed by atoms with E-state index in [1.54, 1.807) is 6.07 Å². The Bertz CT molecular complexity index is 837. The van der Waals surface area contributed by atoms with E-state index in [1.165, 1.54) is 12.4 Å². The molecule has 33 heavy (non-hydrogen) atoms. The third-order valence-corrected chi connectivity index (χ3v) is 5.99. The molecule has 9 nitrogen and oxygen atoms in total. The zero-order valence-corrected chi connectivity index (χ0v) is 18.8. The van der Waals surface area contributed by atoms with Gasteiger partial charge >= 0.3 is 18.1 Å². The number of aromatic nitrogens is 2. The van der Waals surface area contributed by atoms with Crippen LogP contribution in [0.4, 0.5) is 13.2 Å². The van der Waals surface area contributed by atoms with Crippen molar-refractivity contribution in [3.8, 4) is 0 Å². The van der Waals surface area contributed by atoms with Gasteiger partial charge in [-0.25, -0.2) is 4.79 Å². The summed E-state index contributed by atoms with van der Waals surface area (Å²) in [5.74, 6) is -2.81. The summed E-state index contributed by atoms with van der Waals surface area (Å²) in [5.41, 5.74) is 0.0357. The summed E-state index contributed by atoms with van der Waals surface area (Å²) in [6.07, 6.45) is -0.492. The van der Waals surface area contributed by atoms with Gasteiger partial charge in [0, 0.05) is 38.1 Å². The topological polar surface area (TPSA) is 113 Å².